The number of nitrogens with one attached hydrogen (secondary N) is 1. The van der Waals surface area contributed by atoms with Crippen molar-refractivity contribution in [3.05, 3.63) is 59.7 Å². The van der Waals surface area contributed by atoms with Gasteiger partial charge in [-0.2, -0.15) is 0 Å². The zero-order chi connectivity index (χ0) is 15.2. The highest BCUT2D eigenvalue weighted by Gasteiger charge is 2.06. The van der Waals surface area contributed by atoms with E-state index in [1.165, 1.54) is 36.4 Å². The van der Waals surface area contributed by atoms with Gasteiger partial charge in [-0.25, -0.2) is 8.78 Å². The molecular formula is C16H17F2NO2. The molecule has 2 N–H and O–H groups in total. The van der Waals surface area contributed by atoms with E-state index in [9.17, 15) is 13.9 Å². The molecule has 0 radical (unpaired) electrons. The lowest BCUT2D eigenvalue weighted by molar-refractivity contribution is 0.117. The van der Waals surface area contributed by atoms with Crippen LogP contribution >= 0.6 is 0 Å². The van der Waals surface area contributed by atoms with E-state index in [-0.39, 0.29) is 24.8 Å². The van der Waals surface area contributed by atoms with E-state index in [2.05, 4.69) is 5.32 Å². The summed E-state index contributed by atoms with van der Waals surface area (Å²) in [4.78, 5) is 0. The van der Waals surface area contributed by atoms with Gasteiger partial charge >= 0.3 is 0 Å². The van der Waals surface area contributed by atoms with Gasteiger partial charge in [0, 0.05) is 12.2 Å². The third-order valence-electron chi connectivity index (χ3n) is 2.84. The Morgan fingerprint density at radius 1 is 1.10 bits per heavy atom. The normalized spacial score (nSPS) is 12.0. The lowest BCUT2D eigenvalue weighted by atomic mass is 10.2. The summed E-state index contributed by atoms with van der Waals surface area (Å²) >= 11 is 0. The summed E-state index contributed by atoms with van der Waals surface area (Å²) in [7, 11) is 0. The minimum Gasteiger partial charge on any atom is -0.491 e. The molecule has 2 aromatic carbocycles. The van der Waals surface area contributed by atoms with E-state index in [0.29, 0.717) is 11.4 Å². The molecule has 0 bridgehead atoms. The van der Waals surface area contributed by atoms with E-state index in [0.717, 1.165) is 5.56 Å². The highest BCUT2D eigenvalue weighted by Crippen LogP contribution is 2.14. The summed E-state index contributed by atoms with van der Waals surface area (Å²) in [6.07, 6.45) is -0.765. The van der Waals surface area contributed by atoms with Crippen LogP contribution in [0.3, 0.4) is 0 Å². The monoisotopic (exact) mass is 293 g/mol. The Hall–Kier alpha value is -2.14. The summed E-state index contributed by atoms with van der Waals surface area (Å²) in [6, 6.07) is 10.1. The van der Waals surface area contributed by atoms with E-state index >= 15 is 0 Å². The maximum absolute atomic E-state index is 13.2. The number of hydrogen-bond donors (Lipinski definition) is 2. The summed E-state index contributed by atoms with van der Waals surface area (Å²) in [6.45, 7) is 2.08. The molecule has 1 unspecified atom stereocenters. The Morgan fingerprint density at radius 3 is 2.48 bits per heavy atom. The lowest BCUT2D eigenvalue weighted by Crippen LogP contribution is -2.26. The average molecular weight is 293 g/mol. The Balaban J connectivity index is 1.79. The van der Waals surface area contributed by atoms with Gasteiger partial charge in [-0.15, -0.1) is 0 Å². The molecule has 0 aliphatic heterocycles. The third kappa shape index (κ3) is 5.04. The SMILES string of the molecule is Cc1cc(F)cc(NCC(O)COc2ccc(F)cc2)c1. The first-order chi connectivity index (χ1) is 10.0. The molecule has 0 fully saturated rings. The van der Waals surface area contributed by atoms with Crippen LogP contribution in [0.5, 0.6) is 5.75 Å². The van der Waals surface area contributed by atoms with Crippen LogP contribution in [0, 0.1) is 18.6 Å². The fraction of sp³-hybridized carbons (Fsp3) is 0.250. The highest BCUT2D eigenvalue weighted by molar-refractivity contribution is 5.46. The lowest BCUT2D eigenvalue weighted by Gasteiger charge is -2.14. The minimum absolute atomic E-state index is 0.0624. The van der Waals surface area contributed by atoms with Crippen molar-refractivity contribution in [1.82, 2.24) is 0 Å². The van der Waals surface area contributed by atoms with Gasteiger partial charge in [0.2, 0.25) is 0 Å². The van der Waals surface area contributed by atoms with Crippen LogP contribution in [0.4, 0.5) is 14.5 Å². The van der Waals surface area contributed by atoms with Crippen molar-refractivity contribution < 1.29 is 18.6 Å². The molecule has 3 nitrogen and oxygen atoms in total. The molecule has 0 spiro atoms. The molecule has 2 rings (SSSR count). The van der Waals surface area contributed by atoms with E-state index < -0.39 is 6.10 Å². The largest absolute Gasteiger partial charge is 0.491 e. The molecule has 0 saturated heterocycles. The maximum Gasteiger partial charge on any atom is 0.125 e. The number of rotatable bonds is 6. The molecule has 0 aliphatic carbocycles. The first kappa shape index (κ1) is 15.3. The number of hydrogen-bond acceptors (Lipinski definition) is 3. The molecule has 0 saturated carbocycles. The topological polar surface area (TPSA) is 41.5 Å². The molecule has 0 heterocycles. The van der Waals surface area contributed by atoms with Gasteiger partial charge in [0.25, 0.3) is 0 Å². The van der Waals surface area contributed by atoms with Crippen LogP contribution in [0.1, 0.15) is 5.56 Å². The summed E-state index contributed by atoms with van der Waals surface area (Å²) in [5.74, 6) is -0.183. The maximum atomic E-state index is 13.2. The van der Waals surface area contributed by atoms with Gasteiger partial charge in [-0.1, -0.05) is 0 Å². The molecule has 0 aliphatic rings. The van der Waals surface area contributed by atoms with Crippen molar-refractivity contribution in [2.24, 2.45) is 0 Å². The van der Waals surface area contributed by atoms with E-state index in [1.54, 1.807) is 13.0 Å². The van der Waals surface area contributed by atoms with Gasteiger partial charge < -0.3 is 15.2 Å². The van der Waals surface area contributed by atoms with E-state index in [4.69, 9.17) is 4.74 Å². The van der Waals surface area contributed by atoms with Crippen LogP contribution in [-0.4, -0.2) is 24.4 Å². The second-order valence-electron chi connectivity index (χ2n) is 4.82. The number of aliphatic hydroxyl groups excluding tert-OH is 1. The number of anilines is 1. The van der Waals surface area contributed by atoms with Crippen molar-refractivity contribution in [1.29, 1.82) is 0 Å². The Kier molecular flexibility index (Phi) is 5.11. The van der Waals surface area contributed by atoms with Crippen molar-refractivity contribution >= 4 is 5.69 Å². The molecule has 21 heavy (non-hydrogen) atoms. The summed E-state index contributed by atoms with van der Waals surface area (Å²) in [5.41, 5.74) is 1.41. The van der Waals surface area contributed by atoms with Crippen LogP contribution in [0.15, 0.2) is 42.5 Å². The van der Waals surface area contributed by atoms with E-state index in [1.807, 2.05) is 0 Å². The minimum atomic E-state index is -0.765. The van der Waals surface area contributed by atoms with Gasteiger partial charge in [0.15, 0.2) is 0 Å². The highest BCUT2D eigenvalue weighted by atomic mass is 19.1. The van der Waals surface area contributed by atoms with Crippen LogP contribution in [0.25, 0.3) is 0 Å². The first-order valence-electron chi connectivity index (χ1n) is 6.60. The summed E-state index contributed by atoms with van der Waals surface area (Å²) < 4.78 is 31.2. The second kappa shape index (κ2) is 7.04. The number of ether oxygens (including phenoxy) is 1. The molecule has 0 amide bonds. The fourth-order valence-corrected chi connectivity index (χ4v) is 1.86. The van der Waals surface area contributed by atoms with Crippen LogP contribution in [0.2, 0.25) is 0 Å². The molecule has 1 atom stereocenters. The number of aliphatic hydroxyl groups is 1. The van der Waals surface area contributed by atoms with Crippen LogP contribution in [-0.2, 0) is 0 Å². The number of aryl methyl sites for hydroxylation is 1. The number of halogens is 2. The van der Waals surface area contributed by atoms with Gasteiger partial charge in [0.05, 0.1) is 0 Å². The zero-order valence-corrected chi connectivity index (χ0v) is 11.6. The van der Waals surface area contributed by atoms with Crippen LogP contribution < -0.4 is 10.1 Å². The first-order valence-corrected chi connectivity index (χ1v) is 6.60. The molecule has 2 aromatic rings. The smallest absolute Gasteiger partial charge is 0.125 e. The van der Waals surface area contributed by atoms with Crippen molar-refractivity contribution in [3.8, 4) is 5.75 Å². The standard InChI is InChI=1S/C16H17F2NO2/c1-11-6-13(18)8-14(7-11)19-9-15(20)10-21-16-4-2-12(17)3-5-16/h2-8,15,19-20H,9-10H2,1H3. The molecule has 0 aromatic heterocycles. The quantitative estimate of drug-likeness (QED) is 0.860. The van der Waals surface area contributed by atoms with Gasteiger partial charge in [0.1, 0.15) is 30.1 Å². The third-order valence-corrected chi connectivity index (χ3v) is 2.84. The Morgan fingerprint density at radius 2 is 1.81 bits per heavy atom. The van der Waals surface area contributed by atoms with Crippen molar-refractivity contribution in [3.63, 3.8) is 0 Å². The summed E-state index contributed by atoms with van der Waals surface area (Å²) in [5, 5.41) is 12.8. The average Bonchev–Trinajstić information content (AvgIpc) is 2.43. The number of benzene rings is 2. The molecular weight excluding hydrogens is 276 g/mol. The molecule has 5 heteroatoms. The second-order valence-corrected chi connectivity index (χ2v) is 4.82. The zero-order valence-electron chi connectivity index (χ0n) is 11.6. The molecule has 112 valence electrons. The van der Waals surface area contributed by atoms with Gasteiger partial charge in [-0.3, -0.25) is 0 Å². The van der Waals surface area contributed by atoms with Crippen molar-refractivity contribution in [2.75, 3.05) is 18.5 Å². The van der Waals surface area contributed by atoms with Crippen molar-refractivity contribution in [2.45, 2.75) is 13.0 Å². The Bertz CT molecular complexity index is 567. The predicted molar refractivity (Wildman–Crippen MR) is 77.5 cm³/mol. The predicted octanol–water partition coefficient (Wildman–Crippen LogP) is 3.13. The fourth-order valence-electron chi connectivity index (χ4n) is 1.86. The van der Waals surface area contributed by atoms with Gasteiger partial charge in [-0.05, 0) is 55.0 Å². The Labute approximate surface area is 122 Å².